The Bertz CT molecular complexity index is 385. The van der Waals surface area contributed by atoms with Gasteiger partial charge in [0.15, 0.2) is 5.82 Å². The minimum atomic E-state index is 0.122. The van der Waals surface area contributed by atoms with E-state index >= 15 is 0 Å². The molecule has 16 heavy (non-hydrogen) atoms. The van der Waals surface area contributed by atoms with E-state index in [2.05, 4.69) is 56.8 Å². The van der Waals surface area contributed by atoms with Gasteiger partial charge in [-0.15, -0.1) is 0 Å². The van der Waals surface area contributed by atoms with E-state index in [4.69, 9.17) is 0 Å². The van der Waals surface area contributed by atoms with Crippen LogP contribution in [0.4, 0.5) is 5.82 Å². The summed E-state index contributed by atoms with van der Waals surface area (Å²) >= 11 is 3.60. The van der Waals surface area contributed by atoms with Gasteiger partial charge < -0.3 is 9.80 Å². The summed E-state index contributed by atoms with van der Waals surface area (Å²) in [5.41, 5.74) is 1.21. The Labute approximate surface area is 105 Å². The minimum absolute atomic E-state index is 0.122. The van der Waals surface area contributed by atoms with Gasteiger partial charge in [0.25, 0.3) is 0 Å². The molecule has 1 aliphatic rings. The standard InChI is InChI=1S/C11H19BrN4/c1-8-9(12)10(14-13-8)16-6-5-15(4)7-11(16,2)3/h5-7H2,1-4H3,(H,13,14). The van der Waals surface area contributed by atoms with Gasteiger partial charge in [0.05, 0.1) is 4.47 Å². The van der Waals surface area contributed by atoms with E-state index in [1.807, 2.05) is 6.92 Å². The first-order chi connectivity index (χ1) is 7.42. The van der Waals surface area contributed by atoms with Gasteiger partial charge >= 0.3 is 0 Å². The van der Waals surface area contributed by atoms with Crippen molar-refractivity contribution in [1.29, 1.82) is 0 Å². The van der Waals surface area contributed by atoms with Crippen LogP contribution in [0.15, 0.2) is 4.47 Å². The number of nitrogens with zero attached hydrogens (tertiary/aromatic N) is 3. The number of hydrogen-bond acceptors (Lipinski definition) is 3. The van der Waals surface area contributed by atoms with Crippen molar-refractivity contribution in [3.63, 3.8) is 0 Å². The highest BCUT2D eigenvalue weighted by Crippen LogP contribution is 2.33. The monoisotopic (exact) mass is 286 g/mol. The molecule has 0 radical (unpaired) electrons. The van der Waals surface area contributed by atoms with Gasteiger partial charge in [-0.3, -0.25) is 5.10 Å². The molecule has 0 atom stereocenters. The van der Waals surface area contributed by atoms with Crippen LogP contribution >= 0.6 is 15.9 Å². The molecule has 1 N–H and O–H groups in total. The van der Waals surface area contributed by atoms with Crippen molar-refractivity contribution >= 4 is 21.7 Å². The molecule has 0 unspecified atom stereocenters. The van der Waals surface area contributed by atoms with Crippen LogP contribution in [0.25, 0.3) is 0 Å². The molecule has 0 aliphatic carbocycles. The third kappa shape index (κ3) is 1.98. The lowest BCUT2D eigenvalue weighted by Crippen LogP contribution is -2.58. The number of likely N-dealkylation sites (N-methyl/N-ethyl adjacent to an activating group) is 1. The van der Waals surface area contributed by atoms with Crippen molar-refractivity contribution in [2.45, 2.75) is 26.3 Å². The fourth-order valence-corrected chi connectivity index (χ4v) is 2.76. The Morgan fingerprint density at radius 2 is 2.06 bits per heavy atom. The number of aromatic nitrogens is 2. The molecule has 0 saturated carbocycles. The van der Waals surface area contributed by atoms with Crippen LogP contribution in [-0.2, 0) is 0 Å². The molecule has 5 heteroatoms. The van der Waals surface area contributed by atoms with Crippen LogP contribution in [0.1, 0.15) is 19.5 Å². The molecule has 0 amide bonds. The molecule has 2 rings (SSSR count). The van der Waals surface area contributed by atoms with Crippen LogP contribution in [0.3, 0.4) is 0 Å². The first-order valence-electron chi connectivity index (χ1n) is 5.58. The molecule has 1 aliphatic heterocycles. The van der Waals surface area contributed by atoms with Crippen LogP contribution in [0.2, 0.25) is 0 Å². The van der Waals surface area contributed by atoms with Crippen molar-refractivity contribution in [2.75, 3.05) is 31.6 Å². The maximum atomic E-state index is 4.40. The highest BCUT2D eigenvalue weighted by atomic mass is 79.9. The summed E-state index contributed by atoms with van der Waals surface area (Å²) in [5, 5.41) is 7.43. The Morgan fingerprint density at radius 1 is 1.38 bits per heavy atom. The van der Waals surface area contributed by atoms with Gasteiger partial charge in [-0.25, -0.2) is 0 Å². The zero-order chi connectivity index (χ0) is 11.9. The lowest BCUT2D eigenvalue weighted by Gasteiger charge is -2.46. The molecule has 1 aromatic rings. The molecule has 2 heterocycles. The number of halogens is 1. The summed E-state index contributed by atoms with van der Waals surface area (Å²) in [6, 6.07) is 0. The summed E-state index contributed by atoms with van der Waals surface area (Å²) in [6.07, 6.45) is 0. The quantitative estimate of drug-likeness (QED) is 0.858. The highest BCUT2D eigenvalue weighted by molar-refractivity contribution is 9.10. The summed E-state index contributed by atoms with van der Waals surface area (Å²) in [4.78, 5) is 4.74. The van der Waals surface area contributed by atoms with Crippen molar-refractivity contribution < 1.29 is 0 Å². The first-order valence-corrected chi connectivity index (χ1v) is 6.38. The zero-order valence-electron chi connectivity index (χ0n) is 10.3. The van der Waals surface area contributed by atoms with Gasteiger partial charge in [0, 0.05) is 30.9 Å². The van der Waals surface area contributed by atoms with E-state index in [9.17, 15) is 0 Å². The van der Waals surface area contributed by atoms with E-state index < -0.39 is 0 Å². The third-order valence-corrected chi connectivity index (χ3v) is 4.15. The van der Waals surface area contributed by atoms with E-state index in [1.165, 1.54) is 0 Å². The highest BCUT2D eigenvalue weighted by Gasteiger charge is 2.34. The number of hydrogen-bond donors (Lipinski definition) is 1. The molecule has 0 spiro atoms. The molecule has 1 aromatic heterocycles. The second-order valence-electron chi connectivity index (χ2n) is 5.19. The molecular formula is C11H19BrN4. The number of nitrogens with one attached hydrogen (secondary N) is 1. The van der Waals surface area contributed by atoms with Gasteiger partial charge in [0.2, 0.25) is 0 Å². The Morgan fingerprint density at radius 3 is 2.56 bits per heavy atom. The average molecular weight is 287 g/mol. The van der Waals surface area contributed by atoms with Gasteiger partial charge in [0.1, 0.15) is 0 Å². The maximum absolute atomic E-state index is 4.40. The summed E-state index contributed by atoms with van der Waals surface area (Å²) in [6.45, 7) is 9.72. The lowest BCUT2D eigenvalue weighted by molar-refractivity contribution is 0.217. The largest absolute Gasteiger partial charge is 0.347 e. The van der Waals surface area contributed by atoms with E-state index in [1.54, 1.807) is 0 Å². The van der Waals surface area contributed by atoms with Crippen LogP contribution in [-0.4, -0.2) is 47.3 Å². The Kier molecular flexibility index (Phi) is 3.01. The van der Waals surface area contributed by atoms with Gasteiger partial charge in [-0.2, -0.15) is 5.10 Å². The lowest BCUT2D eigenvalue weighted by atomic mass is 9.99. The zero-order valence-corrected chi connectivity index (χ0v) is 11.9. The van der Waals surface area contributed by atoms with E-state index in [0.29, 0.717) is 0 Å². The second kappa shape index (κ2) is 4.04. The maximum Gasteiger partial charge on any atom is 0.165 e. The smallest absolute Gasteiger partial charge is 0.165 e. The number of aryl methyl sites for hydroxylation is 1. The van der Waals surface area contributed by atoms with Crippen molar-refractivity contribution in [1.82, 2.24) is 15.1 Å². The summed E-state index contributed by atoms with van der Waals surface area (Å²) in [7, 11) is 2.17. The molecule has 0 aromatic carbocycles. The molecule has 0 bridgehead atoms. The van der Waals surface area contributed by atoms with Crippen molar-refractivity contribution in [2.24, 2.45) is 0 Å². The summed E-state index contributed by atoms with van der Waals surface area (Å²) < 4.78 is 1.09. The van der Waals surface area contributed by atoms with E-state index in [0.717, 1.165) is 35.6 Å². The predicted molar refractivity (Wildman–Crippen MR) is 69.9 cm³/mol. The normalized spacial score (nSPS) is 21.4. The first kappa shape index (κ1) is 11.9. The van der Waals surface area contributed by atoms with E-state index in [-0.39, 0.29) is 5.54 Å². The Balaban J connectivity index is 2.30. The second-order valence-corrected chi connectivity index (χ2v) is 5.98. The molecule has 4 nitrogen and oxygen atoms in total. The number of anilines is 1. The Hall–Kier alpha value is -0.550. The molecule has 90 valence electrons. The molecule has 1 saturated heterocycles. The predicted octanol–water partition coefficient (Wildman–Crippen LogP) is 2.01. The van der Waals surface area contributed by atoms with Crippen molar-refractivity contribution in [3.05, 3.63) is 10.2 Å². The fraction of sp³-hybridized carbons (Fsp3) is 0.727. The molecule has 1 fully saturated rings. The minimum Gasteiger partial charge on any atom is -0.347 e. The topological polar surface area (TPSA) is 35.2 Å². The fourth-order valence-electron chi connectivity index (χ4n) is 2.37. The van der Waals surface area contributed by atoms with Crippen molar-refractivity contribution in [3.8, 4) is 0 Å². The van der Waals surface area contributed by atoms with Crippen LogP contribution < -0.4 is 4.90 Å². The van der Waals surface area contributed by atoms with Crippen LogP contribution in [0.5, 0.6) is 0 Å². The number of rotatable bonds is 1. The number of piperazine rings is 1. The van der Waals surface area contributed by atoms with Gasteiger partial charge in [-0.05, 0) is 43.7 Å². The number of H-pyrrole nitrogens is 1. The van der Waals surface area contributed by atoms with Gasteiger partial charge in [-0.1, -0.05) is 0 Å². The molecular weight excluding hydrogens is 268 g/mol. The third-order valence-electron chi connectivity index (χ3n) is 3.20. The SMILES string of the molecule is Cc1[nH]nc(N2CCN(C)CC2(C)C)c1Br. The van der Waals surface area contributed by atoms with Crippen LogP contribution in [0, 0.1) is 6.92 Å². The number of aromatic amines is 1. The summed E-state index contributed by atoms with van der Waals surface area (Å²) in [5.74, 6) is 1.04. The average Bonchev–Trinajstić information content (AvgIpc) is 2.47.